The Morgan fingerprint density at radius 3 is 2.39 bits per heavy atom. The van der Waals surface area contributed by atoms with Gasteiger partial charge in [-0.3, -0.25) is 4.68 Å². The molecule has 0 amide bonds. The highest BCUT2D eigenvalue weighted by Gasteiger charge is 2.21. The second-order valence-corrected chi connectivity index (χ2v) is 9.12. The van der Waals surface area contributed by atoms with Gasteiger partial charge in [0.1, 0.15) is 6.33 Å². The Morgan fingerprint density at radius 2 is 1.63 bits per heavy atom. The molecule has 2 fully saturated rings. The van der Waals surface area contributed by atoms with E-state index in [9.17, 15) is 0 Å². The number of benzene rings is 1. The van der Waals surface area contributed by atoms with Crippen LogP contribution in [0.4, 0.5) is 34.9 Å². The molecule has 5 heterocycles. The number of anilines is 6. The highest BCUT2D eigenvalue weighted by Crippen LogP contribution is 2.19. The fourth-order valence-electron chi connectivity index (χ4n) is 4.45. The number of morpholine rings is 1. The molecule has 0 spiro atoms. The second-order valence-electron chi connectivity index (χ2n) is 9.12. The van der Waals surface area contributed by atoms with Crippen molar-refractivity contribution in [3.8, 4) is 0 Å². The van der Waals surface area contributed by atoms with Gasteiger partial charge < -0.3 is 30.5 Å². The first kappa shape index (κ1) is 24.0. The van der Waals surface area contributed by atoms with Gasteiger partial charge in [0.2, 0.25) is 17.8 Å². The van der Waals surface area contributed by atoms with Gasteiger partial charge in [-0.2, -0.15) is 10.1 Å². The van der Waals surface area contributed by atoms with Crippen LogP contribution in [0.1, 0.15) is 0 Å². The molecular weight excluding hydrogens is 484 g/mol. The molecule has 0 saturated carbocycles. The van der Waals surface area contributed by atoms with Gasteiger partial charge in [0, 0.05) is 51.2 Å². The van der Waals surface area contributed by atoms with Crippen molar-refractivity contribution in [3.05, 3.63) is 61.4 Å². The Labute approximate surface area is 220 Å². The van der Waals surface area contributed by atoms with Crippen molar-refractivity contribution in [2.45, 2.75) is 12.6 Å². The van der Waals surface area contributed by atoms with Gasteiger partial charge in [0.15, 0.2) is 0 Å². The van der Waals surface area contributed by atoms with E-state index in [2.05, 4.69) is 55.8 Å². The smallest absolute Gasteiger partial charge is 0.232 e. The predicted octanol–water partition coefficient (Wildman–Crippen LogP) is 1.66. The first-order valence-electron chi connectivity index (χ1n) is 12.7. The molecule has 4 aromatic rings. The number of ether oxygens (including phenoxy) is 1. The molecule has 0 aliphatic carbocycles. The average molecular weight is 515 g/mol. The van der Waals surface area contributed by atoms with Crippen LogP contribution in [0.3, 0.4) is 0 Å². The number of nitrogens with one attached hydrogen (secondary N) is 3. The minimum atomic E-state index is 0.119. The van der Waals surface area contributed by atoms with E-state index in [0.29, 0.717) is 24.4 Å². The highest BCUT2D eigenvalue weighted by atomic mass is 16.5. The van der Waals surface area contributed by atoms with E-state index >= 15 is 0 Å². The zero-order valence-corrected chi connectivity index (χ0v) is 20.9. The van der Waals surface area contributed by atoms with Crippen molar-refractivity contribution in [1.29, 1.82) is 0 Å². The van der Waals surface area contributed by atoms with Crippen LogP contribution in [0.2, 0.25) is 0 Å². The number of nitrogens with zero attached hydrogens (tertiary/aromatic N) is 9. The Hall–Kier alpha value is -4.36. The Kier molecular flexibility index (Phi) is 7.17. The molecule has 0 radical (unpaired) electrons. The first-order chi connectivity index (χ1) is 18.8. The van der Waals surface area contributed by atoms with Crippen molar-refractivity contribution in [3.63, 3.8) is 0 Å². The SMILES string of the molecule is c1ccc(Nc2cnc(N3CCN(c4ncnc(Nc5cnn(CC6CNCCO6)c5)n4)CC3)nc2)cc1. The van der Waals surface area contributed by atoms with Crippen LogP contribution < -0.4 is 25.8 Å². The molecule has 2 aliphatic rings. The zero-order chi connectivity index (χ0) is 25.6. The summed E-state index contributed by atoms with van der Waals surface area (Å²) in [4.78, 5) is 26.7. The van der Waals surface area contributed by atoms with E-state index in [0.717, 1.165) is 62.9 Å². The normalized spacial score (nSPS) is 17.8. The topological polar surface area (TPSA) is 134 Å². The van der Waals surface area contributed by atoms with Crippen LogP contribution in [0.25, 0.3) is 0 Å². The van der Waals surface area contributed by atoms with Crippen molar-refractivity contribution in [2.24, 2.45) is 0 Å². The van der Waals surface area contributed by atoms with Gasteiger partial charge >= 0.3 is 0 Å². The van der Waals surface area contributed by atoms with Gasteiger partial charge in [-0.15, -0.1) is 0 Å². The van der Waals surface area contributed by atoms with Gasteiger partial charge in [-0.25, -0.2) is 19.9 Å². The molecule has 2 saturated heterocycles. The molecular formula is C25H30N12O. The third-order valence-electron chi connectivity index (χ3n) is 6.39. The molecule has 1 aromatic carbocycles. The molecule has 2 aliphatic heterocycles. The summed E-state index contributed by atoms with van der Waals surface area (Å²) in [5.74, 6) is 1.84. The number of rotatable bonds is 8. The molecule has 1 atom stereocenters. The maximum Gasteiger partial charge on any atom is 0.232 e. The van der Waals surface area contributed by atoms with E-state index < -0.39 is 0 Å². The van der Waals surface area contributed by atoms with Crippen molar-refractivity contribution in [2.75, 3.05) is 66.3 Å². The van der Waals surface area contributed by atoms with Crippen LogP contribution in [-0.4, -0.2) is 86.7 Å². The summed E-state index contributed by atoms with van der Waals surface area (Å²) in [7, 11) is 0. The van der Waals surface area contributed by atoms with Crippen LogP contribution in [-0.2, 0) is 11.3 Å². The fourth-order valence-corrected chi connectivity index (χ4v) is 4.45. The van der Waals surface area contributed by atoms with Crippen molar-refractivity contribution >= 4 is 34.9 Å². The van der Waals surface area contributed by atoms with Crippen LogP contribution in [0.5, 0.6) is 0 Å². The van der Waals surface area contributed by atoms with Crippen LogP contribution >= 0.6 is 0 Å². The van der Waals surface area contributed by atoms with Gasteiger partial charge in [-0.1, -0.05) is 18.2 Å². The standard InChI is InChI=1S/C25H30N12O/c1-2-4-19(5-3-1)32-20-12-27-24(28-13-20)35-7-9-36(10-8-35)25-30-18-29-23(34-25)33-21-14-31-37(16-21)17-22-15-26-6-11-38-22/h1-5,12-14,16,18,22,26,32H,6-11,15,17H2,(H,29,30,33,34). The predicted molar refractivity (Wildman–Crippen MR) is 144 cm³/mol. The molecule has 196 valence electrons. The van der Waals surface area contributed by atoms with Gasteiger partial charge in [0.25, 0.3) is 0 Å². The quantitative estimate of drug-likeness (QED) is 0.316. The Bertz CT molecular complexity index is 1300. The number of aromatic nitrogens is 7. The molecule has 3 aromatic heterocycles. The largest absolute Gasteiger partial charge is 0.374 e. The Morgan fingerprint density at radius 1 is 0.842 bits per heavy atom. The van der Waals surface area contributed by atoms with Crippen molar-refractivity contribution < 1.29 is 4.74 Å². The number of hydrogen-bond acceptors (Lipinski definition) is 12. The van der Waals surface area contributed by atoms with E-state index in [1.54, 1.807) is 6.20 Å². The lowest BCUT2D eigenvalue weighted by molar-refractivity contribution is 0.0161. The molecule has 6 rings (SSSR count). The monoisotopic (exact) mass is 514 g/mol. The lowest BCUT2D eigenvalue weighted by atomic mass is 10.3. The van der Waals surface area contributed by atoms with E-state index in [1.165, 1.54) is 6.33 Å². The molecule has 0 bridgehead atoms. The Balaban J connectivity index is 1.02. The van der Waals surface area contributed by atoms with Crippen LogP contribution in [0.15, 0.2) is 61.4 Å². The van der Waals surface area contributed by atoms with E-state index in [-0.39, 0.29) is 6.10 Å². The summed E-state index contributed by atoms with van der Waals surface area (Å²) < 4.78 is 7.63. The van der Waals surface area contributed by atoms with Gasteiger partial charge in [-0.05, 0) is 12.1 Å². The van der Waals surface area contributed by atoms with Gasteiger partial charge in [0.05, 0.1) is 49.2 Å². The second kappa shape index (κ2) is 11.4. The summed E-state index contributed by atoms with van der Waals surface area (Å²) in [5, 5.41) is 14.3. The lowest BCUT2D eigenvalue weighted by Gasteiger charge is -2.34. The van der Waals surface area contributed by atoms with E-state index in [1.807, 2.05) is 53.6 Å². The molecule has 38 heavy (non-hydrogen) atoms. The molecule has 13 heteroatoms. The maximum atomic E-state index is 5.76. The lowest BCUT2D eigenvalue weighted by Crippen LogP contribution is -2.47. The summed E-state index contributed by atoms with van der Waals surface area (Å²) in [5.41, 5.74) is 2.68. The number of hydrogen-bond donors (Lipinski definition) is 3. The first-order valence-corrected chi connectivity index (χ1v) is 12.7. The summed E-state index contributed by atoms with van der Waals surface area (Å²) in [6.45, 7) is 6.19. The van der Waals surface area contributed by atoms with Crippen LogP contribution in [0, 0.1) is 0 Å². The molecule has 3 N–H and O–H groups in total. The summed E-state index contributed by atoms with van der Waals surface area (Å²) in [6.07, 6.45) is 8.97. The number of para-hydroxylation sites is 1. The zero-order valence-electron chi connectivity index (χ0n) is 20.9. The average Bonchev–Trinajstić information content (AvgIpc) is 3.41. The number of piperazine rings is 1. The third-order valence-corrected chi connectivity index (χ3v) is 6.39. The summed E-state index contributed by atoms with van der Waals surface area (Å²) in [6, 6.07) is 9.98. The maximum absolute atomic E-state index is 5.76. The fraction of sp³-hybridized carbons (Fsp3) is 0.360. The third kappa shape index (κ3) is 5.95. The molecule has 13 nitrogen and oxygen atoms in total. The van der Waals surface area contributed by atoms with Crippen molar-refractivity contribution in [1.82, 2.24) is 40.0 Å². The minimum Gasteiger partial charge on any atom is -0.374 e. The van der Waals surface area contributed by atoms with E-state index in [4.69, 9.17) is 4.74 Å². The minimum absolute atomic E-state index is 0.119. The highest BCUT2D eigenvalue weighted by molar-refractivity contribution is 5.58. The summed E-state index contributed by atoms with van der Waals surface area (Å²) >= 11 is 0. The molecule has 1 unspecified atom stereocenters.